The maximum atomic E-state index is 11.8. The number of hydrogen-bond acceptors (Lipinski definition) is 5. The number of non-ortho nitro benzene ring substituents is 1. The summed E-state index contributed by atoms with van der Waals surface area (Å²) in [6, 6.07) is 3.52. The van der Waals surface area contributed by atoms with E-state index in [1.165, 1.54) is 19.1 Å². The quantitative estimate of drug-likeness (QED) is 0.402. The van der Waals surface area contributed by atoms with Crippen molar-refractivity contribution in [2.45, 2.75) is 11.8 Å². The number of nitrogens with one attached hydrogen (secondary N) is 2. The maximum Gasteiger partial charge on any atom is 0.270 e. The Morgan fingerprint density at radius 3 is 2.61 bits per heavy atom. The van der Waals surface area contributed by atoms with Crippen molar-refractivity contribution in [2.24, 2.45) is 5.73 Å². The number of sulfonamides is 1. The second kappa shape index (κ2) is 5.25. The van der Waals surface area contributed by atoms with Gasteiger partial charge in [-0.15, -0.1) is 4.83 Å². The van der Waals surface area contributed by atoms with Crippen molar-refractivity contribution < 1.29 is 13.3 Å². The molecule has 10 heteroatoms. The average molecular weight is 290 g/mol. The highest BCUT2D eigenvalue weighted by atomic mass is 32.2. The van der Waals surface area contributed by atoms with Crippen LogP contribution in [0, 0.1) is 17.0 Å². The van der Waals surface area contributed by atoms with E-state index in [0.29, 0.717) is 5.56 Å². The number of rotatable bonds is 4. The second-order valence-electron chi connectivity index (χ2n) is 3.30. The molecular formula is C8H10N4O4S2. The van der Waals surface area contributed by atoms with Crippen LogP contribution in [0.15, 0.2) is 23.1 Å². The van der Waals surface area contributed by atoms with Gasteiger partial charge in [-0.25, -0.2) is 8.42 Å². The van der Waals surface area contributed by atoms with Gasteiger partial charge in [0.2, 0.25) is 0 Å². The van der Waals surface area contributed by atoms with E-state index < -0.39 is 14.9 Å². The van der Waals surface area contributed by atoms with Gasteiger partial charge in [0.15, 0.2) is 5.11 Å². The van der Waals surface area contributed by atoms with Crippen LogP contribution in [0.3, 0.4) is 0 Å². The van der Waals surface area contributed by atoms with Crippen molar-refractivity contribution in [3.63, 3.8) is 0 Å². The zero-order chi connectivity index (χ0) is 13.9. The van der Waals surface area contributed by atoms with Crippen LogP contribution in [-0.4, -0.2) is 18.5 Å². The number of nitrogens with two attached hydrogens (primary N) is 1. The summed E-state index contributed by atoms with van der Waals surface area (Å²) in [7, 11) is -3.98. The first-order valence-corrected chi connectivity index (χ1v) is 6.45. The van der Waals surface area contributed by atoms with Crippen LogP contribution < -0.4 is 16.0 Å². The molecule has 0 heterocycles. The fraction of sp³-hybridized carbons (Fsp3) is 0.125. The summed E-state index contributed by atoms with van der Waals surface area (Å²) >= 11 is 4.45. The van der Waals surface area contributed by atoms with Crippen molar-refractivity contribution in [1.29, 1.82) is 0 Å². The first-order valence-electron chi connectivity index (χ1n) is 4.56. The second-order valence-corrected chi connectivity index (χ2v) is 5.39. The number of hydrazine groups is 1. The minimum absolute atomic E-state index is 0.222. The fourth-order valence-electron chi connectivity index (χ4n) is 1.16. The highest BCUT2D eigenvalue weighted by Gasteiger charge is 2.20. The molecule has 1 aromatic carbocycles. The summed E-state index contributed by atoms with van der Waals surface area (Å²) in [5.74, 6) is 0. The Bertz CT molecular complexity index is 599. The highest BCUT2D eigenvalue weighted by molar-refractivity contribution is 7.89. The van der Waals surface area contributed by atoms with Crippen molar-refractivity contribution in [3.05, 3.63) is 33.9 Å². The van der Waals surface area contributed by atoms with Gasteiger partial charge in [-0.05, 0) is 24.7 Å². The van der Waals surface area contributed by atoms with E-state index in [9.17, 15) is 18.5 Å². The lowest BCUT2D eigenvalue weighted by molar-refractivity contribution is -0.385. The Balaban J connectivity index is 3.18. The third-order valence-electron chi connectivity index (χ3n) is 1.98. The summed E-state index contributed by atoms with van der Waals surface area (Å²) in [6.07, 6.45) is 0. The molecule has 0 amide bonds. The summed E-state index contributed by atoms with van der Waals surface area (Å²) in [5, 5.41) is 10.3. The Morgan fingerprint density at radius 2 is 2.11 bits per heavy atom. The maximum absolute atomic E-state index is 11.8. The number of nitro groups is 1. The van der Waals surface area contributed by atoms with Gasteiger partial charge in [-0.3, -0.25) is 15.5 Å². The van der Waals surface area contributed by atoms with E-state index in [4.69, 9.17) is 5.73 Å². The molecule has 0 atom stereocenters. The molecule has 0 saturated heterocycles. The predicted molar refractivity (Wildman–Crippen MR) is 68.1 cm³/mol. The molecule has 0 aliphatic carbocycles. The Morgan fingerprint density at radius 1 is 1.50 bits per heavy atom. The van der Waals surface area contributed by atoms with E-state index >= 15 is 0 Å². The molecule has 0 aliphatic heterocycles. The molecule has 18 heavy (non-hydrogen) atoms. The molecule has 8 nitrogen and oxygen atoms in total. The fourth-order valence-corrected chi connectivity index (χ4v) is 2.40. The zero-order valence-electron chi connectivity index (χ0n) is 9.21. The number of aryl methyl sites for hydroxylation is 1. The van der Waals surface area contributed by atoms with Crippen LogP contribution in [-0.2, 0) is 10.0 Å². The molecule has 0 unspecified atom stereocenters. The van der Waals surface area contributed by atoms with Crippen LogP contribution in [0.5, 0.6) is 0 Å². The van der Waals surface area contributed by atoms with Gasteiger partial charge in [0, 0.05) is 12.1 Å². The molecule has 0 radical (unpaired) electrons. The normalized spacial score (nSPS) is 10.9. The zero-order valence-corrected chi connectivity index (χ0v) is 10.8. The first-order chi connectivity index (χ1) is 8.24. The molecular weight excluding hydrogens is 280 g/mol. The summed E-state index contributed by atoms with van der Waals surface area (Å²) in [4.78, 5) is 11.6. The van der Waals surface area contributed by atoms with E-state index in [2.05, 4.69) is 17.6 Å². The van der Waals surface area contributed by atoms with Gasteiger partial charge in [0.1, 0.15) is 0 Å². The third-order valence-corrected chi connectivity index (χ3v) is 3.47. The molecule has 0 bridgehead atoms. The van der Waals surface area contributed by atoms with Gasteiger partial charge in [0.25, 0.3) is 15.7 Å². The van der Waals surface area contributed by atoms with Gasteiger partial charge < -0.3 is 5.73 Å². The molecule has 0 aromatic heterocycles. The molecule has 98 valence electrons. The minimum Gasteiger partial charge on any atom is -0.375 e. The summed E-state index contributed by atoms with van der Waals surface area (Å²) in [6.45, 7) is 1.51. The van der Waals surface area contributed by atoms with Gasteiger partial charge in [-0.1, -0.05) is 6.07 Å². The standard InChI is InChI=1S/C8H10N4O4S2/c1-5-2-3-6(12(13)14)4-7(5)18(15,16)11-10-8(9)17/h2-4,11H,1H3,(H3,9,10,17). The van der Waals surface area contributed by atoms with E-state index in [1.807, 2.05) is 4.83 Å². The highest BCUT2D eigenvalue weighted by Crippen LogP contribution is 2.21. The number of nitrogens with zero attached hydrogens (tertiary/aromatic N) is 1. The van der Waals surface area contributed by atoms with Crippen molar-refractivity contribution in [2.75, 3.05) is 0 Å². The SMILES string of the molecule is Cc1ccc([N+](=O)[O-])cc1S(=O)(=O)NNC(N)=S. The van der Waals surface area contributed by atoms with Crippen LogP contribution in [0.1, 0.15) is 5.56 Å². The van der Waals surface area contributed by atoms with Crippen LogP contribution in [0.25, 0.3) is 0 Å². The van der Waals surface area contributed by atoms with E-state index in [1.54, 1.807) is 0 Å². The first kappa shape index (κ1) is 14.3. The Kier molecular flexibility index (Phi) is 4.16. The molecule has 0 spiro atoms. The van der Waals surface area contributed by atoms with E-state index in [-0.39, 0.29) is 15.7 Å². The smallest absolute Gasteiger partial charge is 0.270 e. The molecule has 4 N–H and O–H groups in total. The van der Waals surface area contributed by atoms with Gasteiger partial charge >= 0.3 is 0 Å². The molecule has 0 saturated carbocycles. The largest absolute Gasteiger partial charge is 0.375 e. The summed E-state index contributed by atoms with van der Waals surface area (Å²) in [5.41, 5.74) is 7.18. The van der Waals surface area contributed by atoms with Gasteiger partial charge in [0.05, 0.1) is 9.82 Å². The number of nitro benzene ring substituents is 1. The van der Waals surface area contributed by atoms with Crippen molar-refractivity contribution in [1.82, 2.24) is 10.3 Å². The van der Waals surface area contributed by atoms with Crippen LogP contribution in [0.4, 0.5) is 5.69 Å². The van der Waals surface area contributed by atoms with Crippen molar-refractivity contribution >= 4 is 33.0 Å². The van der Waals surface area contributed by atoms with Crippen LogP contribution in [0.2, 0.25) is 0 Å². The summed E-state index contributed by atoms with van der Waals surface area (Å²) < 4.78 is 23.6. The third kappa shape index (κ3) is 3.35. The number of hydrogen-bond donors (Lipinski definition) is 3. The molecule has 0 fully saturated rings. The molecule has 0 aliphatic rings. The average Bonchev–Trinajstić information content (AvgIpc) is 2.26. The molecule has 1 aromatic rings. The van der Waals surface area contributed by atoms with E-state index in [0.717, 1.165) is 6.07 Å². The molecule has 1 rings (SSSR count). The topological polar surface area (TPSA) is 127 Å². The van der Waals surface area contributed by atoms with Crippen LogP contribution >= 0.6 is 12.2 Å². The van der Waals surface area contributed by atoms with Crippen molar-refractivity contribution in [3.8, 4) is 0 Å². The lowest BCUT2D eigenvalue weighted by Gasteiger charge is -2.09. The van der Waals surface area contributed by atoms with Gasteiger partial charge in [-0.2, -0.15) is 0 Å². The number of thiocarbonyl (C=S) groups is 1. The monoisotopic (exact) mass is 290 g/mol. The predicted octanol–water partition coefficient (Wildman–Crippen LogP) is -0.0703. The lowest BCUT2D eigenvalue weighted by Crippen LogP contribution is -2.44. The Labute approximate surface area is 108 Å². The minimum atomic E-state index is -3.98. The Hall–Kier alpha value is -1.78. The lowest BCUT2D eigenvalue weighted by atomic mass is 10.2. The number of benzene rings is 1.